The number of hydrogen-bond donors (Lipinski definition) is 1. The minimum Gasteiger partial charge on any atom is -0.352 e. The highest BCUT2D eigenvalue weighted by Gasteiger charge is 2.39. The maximum absolute atomic E-state index is 12.4. The fourth-order valence-corrected chi connectivity index (χ4v) is 3.29. The molecule has 0 aromatic carbocycles. The van der Waals surface area contributed by atoms with E-state index in [0.717, 1.165) is 31.0 Å². The van der Waals surface area contributed by atoms with E-state index in [2.05, 4.69) is 42.0 Å². The first-order chi connectivity index (χ1) is 8.04. The molecule has 0 saturated heterocycles. The summed E-state index contributed by atoms with van der Waals surface area (Å²) in [4.78, 5) is 12.4. The summed E-state index contributed by atoms with van der Waals surface area (Å²) in [5.74, 6) is 0.918. The van der Waals surface area contributed by atoms with Crippen LogP contribution in [-0.4, -0.2) is 17.3 Å². The molecule has 1 unspecified atom stereocenters. The number of alkyl halides is 1. The highest BCUT2D eigenvalue weighted by atomic mass is 79.9. The Morgan fingerprint density at radius 3 is 2.35 bits per heavy atom. The molecule has 1 saturated carbocycles. The van der Waals surface area contributed by atoms with Gasteiger partial charge in [0.05, 0.1) is 0 Å². The lowest BCUT2D eigenvalue weighted by Crippen LogP contribution is -2.45. The van der Waals surface area contributed by atoms with Crippen LogP contribution >= 0.6 is 15.9 Å². The SMILES string of the molecule is CCC1(C(=O)NC(CBr)CC(C)C)CCCC1. The van der Waals surface area contributed by atoms with Crippen molar-refractivity contribution in [2.24, 2.45) is 11.3 Å². The van der Waals surface area contributed by atoms with Gasteiger partial charge in [0.25, 0.3) is 0 Å². The molecule has 0 aromatic rings. The largest absolute Gasteiger partial charge is 0.352 e. The van der Waals surface area contributed by atoms with Gasteiger partial charge in [-0.05, 0) is 31.6 Å². The molecule has 0 bridgehead atoms. The van der Waals surface area contributed by atoms with E-state index in [4.69, 9.17) is 0 Å². The van der Waals surface area contributed by atoms with Crippen molar-refractivity contribution in [3.63, 3.8) is 0 Å². The van der Waals surface area contributed by atoms with Crippen LogP contribution in [0.15, 0.2) is 0 Å². The molecule has 0 aromatic heterocycles. The van der Waals surface area contributed by atoms with Crippen LogP contribution in [0.5, 0.6) is 0 Å². The average Bonchev–Trinajstić information content (AvgIpc) is 2.77. The van der Waals surface area contributed by atoms with Crippen LogP contribution in [0.2, 0.25) is 0 Å². The summed E-state index contributed by atoms with van der Waals surface area (Å²) >= 11 is 3.51. The van der Waals surface area contributed by atoms with Crippen molar-refractivity contribution >= 4 is 21.8 Å². The normalized spacial score (nSPS) is 20.5. The third-order valence-corrected chi connectivity index (χ3v) is 4.78. The Morgan fingerprint density at radius 2 is 1.94 bits per heavy atom. The molecule has 0 aliphatic heterocycles. The molecule has 100 valence electrons. The van der Waals surface area contributed by atoms with Crippen LogP contribution in [0.4, 0.5) is 0 Å². The van der Waals surface area contributed by atoms with Gasteiger partial charge in [-0.25, -0.2) is 0 Å². The maximum Gasteiger partial charge on any atom is 0.226 e. The monoisotopic (exact) mass is 303 g/mol. The van der Waals surface area contributed by atoms with Crippen LogP contribution in [0.3, 0.4) is 0 Å². The first kappa shape index (κ1) is 15.0. The van der Waals surface area contributed by atoms with Gasteiger partial charge in [0.1, 0.15) is 0 Å². The van der Waals surface area contributed by atoms with Crippen LogP contribution < -0.4 is 5.32 Å². The summed E-state index contributed by atoms with van der Waals surface area (Å²) in [6.45, 7) is 6.55. The van der Waals surface area contributed by atoms with E-state index in [1.165, 1.54) is 12.8 Å². The Kier molecular flexibility index (Phi) is 5.98. The third kappa shape index (κ3) is 3.97. The van der Waals surface area contributed by atoms with Gasteiger partial charge in [-0.3, -0.25) is 4.79 Å². The zero-order chi connectivity index (χ0) is 12.9. The van der Waals surface area contributed by atoms with Crippen molar-refractivity contribution in [1.29, 1.82) is 0 Å². The van der Waals surface area contributed by atoms with Crippen LogP contribution in [-0.2, 0) is 4.79 Å². The van der Waals surface area contributed by atoms with E-state index in [1.807, 2.05) is 0 Å². The summed E-state index contributed by atoms with van der Waals surface area (Å²) in [6, 6.07) is 0.284. The Balaban J connectivity index is 2.56. The fourth-order valence-electron chi connectivity index (χ4n) is 2.86. The van der Waals surface area contributed by atoms with Gasteiger partial charge in [-0.2, -0.15) is 0 Å². The molecule has 1 rings (SSSR count). The topological polar surface area (TPSA) is 29.1 Å². The number of carbonyl (C=O) groups excluding carboxylic acids is 1. The first-order valence-electron chi connectivity index (χ1n) is 6.91. The van der Waals surface area contributed by atoms with Crippen molar-refractivity contribution in [1.82, 2.24) is 5.32 Å². The van der Waals surface area contributed by atoms with Gasteiger partial charge in [-0.1, -0.05) is 49.5 Å². The molecular formula is C14H26BrNO. The number of nitrogens with one attached hydrogen (secondary N) is 1. The smallest absolute Gasteiger partial charge is 0.226 e. The number of hydrogen-bond acceptors (Lipinski definition) is 1. The fraction of sp³-hybridized carbons (Fsp3) is 0.929. The van der Waals surface area contributed by atoms with Gasteiger partial charge in [0.2, 0.25) is 5.91 Å². The number of amides is 1. The van der Waals surface area contributed by atoms with Crippen molar-refractivity contribution in [3.8, 4) is 0 Å². The predicted octanol–water partition coefficient (Wildman–Crippen LogP) is 3.88. The molecule has 0 radical (unpaired) electrons. The van der Waals surface area contributed by atoms with E-state index in [9.17, 15) is 4.79 Å². The zero-order valence-electron chi connectivity index (χ0n) is 11.4. The lowest BCUT2D eigenvalue weighted by Gasteiger charge is -2.29. The van der Waals surface area contributed by atoms with Crippen molar-refractivity contribution in [2.45, 2.75) is 65.3 Å². The average molecular weight is 304 g/mol. The second kappa shape index (κ2) is 6.77. The number of rotatable bonds is 6. The molecule has 1 N–H and O–H groups in total. The van der Waals surface area contributed by atoms with Gasteiger partial charge in [0.15, 0.2) is 0 Å². The second-order valence-electron chi connectivity index (χ2n) is 5.80. The van der Waals surface area contributed by atoms with Gasteiger partial charge < -0.3 is 5.32 Å². The molecule has 0 heterocycles. The standard InChI is InChI=1S/C14H26BrNO/c1-4-14(7-5-6-8-14)13(17)16-12(10-15)9-11(2)3/h11-12H,4-10H2,1-3H3,(H,16,17). The second-order valence-corrected chi connectivity index (χ2v) is 6.44. The van der Waals surface area contributed by atoms with Crippen LogP contribution in [0, 0.1) is 11.3 Å². The van der Waals surface area contributed by atoms with Gasteiger partial charge in [0, 0.05) is 16.8 Å². The van der Waals surface area contributed by atoms with Gasteiger partial charge in [-0.15, -0.1) is 0 Å². The van der Waals surface area contributed by atoms with Crippen molar-refractivity contribution in [3.05, 3.63) is 0 Å². The minimum absolute atomic E-state index is 0.0581. The highest BCUT2D eigenvalue weighted by molar-refractivity contribution is 9.09. The highest BCUT2D eigenvalue weighted by Crippen LogP contribution is 2.41. The Bertz CT molecular complexity index is 247. The lowest BCUT2D eigenvalue weighted by atomic mass is 9.82. The van der Waals surface area contributed by atoms with Crippen molar-refractivity contribution < 1.29 is 4.79 Å². The molecule has 1 aliphatic carbocycles. The summed E-state index contributed by atoms with van der Waals surface area (Å²) in [5.41, 5.74) is -0.0581. The number of halogens is 1. The Morgan fingerprint density at radius 1 is 1.35 bits per heavy atom. The lowest BCUT2D eigenvalue weighted by molar-refractivity contribution is -0.131. The number of carbonyl (C=O) groups is 1. The molecule has 1 atom stereocenters. The van der Waals surface area contributed by atoms with Crippen LogP contribution in [0.1, 0.15) is 59.3 Å². The molecule has 1 aliphatic rings. The molecule has 17 heavy (non-hydrogen) atoms. The molecular weight excluding hydrogens is 278 g/mol. The van der Waals surface area contributed by atoms with E-state index in [-0.39, 0.29) is 11.5 Å². The Labute approximate surface area is 114 Å². The zero-order valence-corrected chi connectivity index (χ0v) is 13.0. The summed E-state index contributed by atoms with van der Waals surface area (Å²) in [5, 5.41) is 4.10. The summed E-state index contributed by atoms with van der Waals surface area (Å²) in [6.07, 6.45) is 6.61. The molecule has 1 fully saturated rings. The molecule has 2 nitrogen and oxygen atoms in total. The van der Waals surface area contributed by atoms with E-state index >= 15 is 0 Å². The van der Waals surface area contributed by atoms with Crippen molar-refractivity contribution in [2.75, 3.05) is 5.33 Å². The third-order valence-electron chi connectivity index (χ3n) is 4.00. The van der Waals surface area contributed by atoms with E-state index < -0.39 is 0 Å². The molecule has 0 spiro atoms. The van der Waals surface area contributed by atoms with Gasteiger partial charge >= 0.3 is 0 Å². The maximum atomic E-state index is 12.4. The van der Waals surface area contributed by atoms with Crippen LogP contribution in [0.25, 0.3) is 0 Å². The summed E-state index contributed by atoms with van der Waals surface area (Å²) < 4.78 is 0. The minimum atomic E-state index is -0.0581. The molecule has 3 heteroatoms. The van der Waals surface area contributed by atoms with E-state index in [0.29, 0.717) is 11.8 Å². The Hall–Kier alpha value is -0.0500. The summed E-state index contributed by atoms with van der Waals surface area (Å²) in [7, 11) is 0. The predicted molar refractivity (Wildman–Crippen MR) is 76.4 cm³/mol. The first-order valence-corrected chi connectivity index (χ1v) is 8.03. The van der Waals surface area contributed by atoms with E-state index in [1.54, 1.807) is 0 Å². The molecule has 1 amide bonds. The quantitative estimate of drug-likeness (QED) is 0.741.